The first-order valence-electron chi connectivity index (χ1n) is 12.9. The highest BCUT2D eigenvalue weighted by Gasteiger charge is 2.41. The number of carboxylic acid groups (broad SMARTS) is 3. The van der Waals surface area contributed by atoms with Gasteiger partial charge in [-0.15, -0.1) is 0 Å². The number of hydrogen-bond donors (Lipinski definition) is 3. The van der Waals surface area contributed by atoms with Gasteiger partial charge in [0.15, 0.2) is 11.3 Å². The van der Waals surface area contributed by atoms with E-state index in [1.165, 1.54) is 0 Å². The van der Waals surface area contributed by atoms with E-state index in [9.17, 15) is 29.7 Å². The molecule has 12 heteroatoms. The molecule has 1 rings (SSSR count). The topological polar surface area (TPSA) is 167 Å². The van der Waals surface area contributed by atoms with Crippen molar-refractivity contribution in [2.75, 3.05) is 0 Å². The number of carboxylic acids is 3. The molecule has 1 aromatic rings. The lowest BCUT2D eigenvalue weighted by atomic mass is 9.99. The summed E-state index contributed by atoms with van der Waals surface area (Å²) in [5, 5.41) is 30.3. The van der Waals surface area contributed by atoms with Crippen LogP contribution in [0, 0.1) is 0 Å². The molecule has 0 aliphatic carbocycles. The van der Waals surface area contributed by atoms with Crippen LogP contribution in [0.5, 0.6) is 17.2 Å². The zero-order valence-electron chi connectivity index (χ0n) is 24.3. The van der Waals surface area contributed by atoms with Crippen molar-refractivity contribution in [2.45, 2.75) is 118 Å². The molecule has 0 fully saturated rings. The Morgan fingerprint density at radius 2 is 0.769 bits per heavy atom. The molecule has 0 amide bonds. The molecule has 0 spiro atoms. The Morgan fingerprint density at radius 1 is 0.513 bits per heavy atom. The Hall–Kier alpha value is -3.09. The highest BCUT2D eigenvalue weighted by molar-refractivity contribution is 6.11. The van der Waals surface area contributed by atoms with E-state index >= 15 is 0 Å². The zero-order valence-corrected chi connectivity index (χ0v) is 24.3. The largest absolute Gasteiger partial charge is 0.478 e. The molecule has 0 saturated heterocycles. The predicted octanol–water partition coefficient (Wildman–Crippen LogP) is 6.45. The SMILES string of the molecule is CCCC(C)(C)OOc1c(OOC(C)(C)CCC)c(C(=O)O)c(C(=O)O)c(OOC(C)(C)CCC)c1C(=O)O. The van der Waals surface area contributed by atoms with Gasteiger partial charge in [0, 0.05) is 0 Å². The quantitative estimate of drug-likeness (QED) is 0.133. The molecule has 39 heavy (non-hydrogen) atoms. The van der Waals surface area contributed by atoms with Crippen molar-refractivity contribution in [3.8, 4) is 17.2 Å². The molecule has 0 radical (unpaired) electrons. The third-order valence-corrected chi connectivity index (χ3v) is 5.61. The molecule has 0 aromatic heterocycles. The molecule has 0 aliphatic rings. The van der Waals surface area contributed by atoms with Crippen molar-refractivity contribution >= 4 is 17.9 Å². The second-order valence-electron chi connectivity index (χ2n) is 11.1. The van der Waals surface area contributed by atoms with Gasteiger partial charge in [-0.25, -0.2) is 14.4 Å². The summed E-state index contributed by atoms with van der Waals surface area (Å²) in [7, 11) is 0. The van der Waals surface area contributed by atoms with Crippen molar-refractivity contribution in [3.05, 3.63) is 16.7 Å². The minimum absolute atomic E-state index is 0.461. The average Bonchev–Trinajstić information content (AvgIpc) is 2.78. The molecular formula is C27H42O12. The minimum atomic E-state index is -1.81. The van der Waals surface area contributed by atoms with E-state index in [0.717, 1.165) is 0 Å². The molecular weight excluding hydrogens is 516 g/mol. The molecule has 0 saturated carbocycles. The smallest absolute Gasteiger partial charge is 0.343 e. The van der Waals surface area contributed by atoms with Crippen molar-refractivity contribution in [3.63, 3.8) is 0 Å². The van der Waals surface area contributed by atoms with Crippen molar-refractivity contribution in [1.82, 2.24) is 0 Å². The summed E-state index contributed by atoms with van der Waals surface area (Å²) >= 11 is 0. The van der Waals surface area contributed by atoms with Crippen LogP contribution >= 0.6 is 0 Å². The first kappa shape index (κ1) is 33.9. The van der Waals surface area contributed by atoms with Crippen LogP contribution in [-0.2, 0) is 14.7 Å². The Bertz CT molecular complexity index is 1030. The Labute approximate surface area is 228 Å². The number of hydrogen-bond acceptors (Lipinski definition) is 9. The lowest BCUT2D eigenvalue weighted by Crippen LogP contribution is -2.30. The molecule has 0 bridgehead atoms. The van der Waals surface area contributed by atoms with E-state index in [-0.39, 0.29) is 0 Å². The summed E-state index contributed by atoms with van der Waals surface area (Å²) < 4.78 is 0. The van der Waals surface area contributed by atoms with Crippen LogP contribution in [0.3, 0.4) is 0 Å². The minimum Gasteiger partial charge on any atom is -0.478 e. The van der Waals surface area contributed by atoms with Crippen LogP contribution in [0.2, 0.25) is 0 Å². The number of aromatic carboxylic acids is 3. The van der Waals surface area contributed by atoms with Crippen LogP contribution in [0.25, 0.3) is 0 Å². The highest BCUT2D eigenvalue weighted by Crippen LogP contribution is 2.46. The number of benzene rings is 1. The fourth-order valence-electron chi connectivity index (χ4n) is 3.92. The Morgan fingerprint density at radius 3 is 1.05 bits per heavy atom. The summed E-state index contributed by atoms with van der Waals surface area (Å²) in [6.45, 7) is 15.6. The van der Waals surface area contributed by atoms with Crippen molar-refractivity contribution < 1.29 is 59.0 Å². The molecule has 3 N–H and O–H groups in total. The van der Waals surface area contributed by atoms with Gasteiger partial charge >= 0.3 is 17.9 Å². The summed E-state index contributed by atoms with van der Waals surface area (Å²) in [6.07, 6.45) is 3.46. The monoisotopic (exact) mass is 558 g/mol. The van der Waals surface area contributed by atoms with Gasteiger partial charge in [0.05, 0.1) is 0 Å². The van der Waals surface area contributed by atoms with Gasteiger partial charge in [-0.1, -0.05) is 40.0 Å². The molecule has 0 heterocycles. The summed E-state index contributed by atoms with van der Waals surface area (Å²) in [5.41, 5.74) is -5.77. The summed E-state index contributed by atoms with van der Waals surface area (Å²) in [4.78, 5) is 69.9. The Balaban J connectivity index is 4.04. The second-order valence-corrected chi connectivity index (χ2v) is 11.1. The average molecular weight is 559 g/mol. The normalized spacial score (nSPS) is 12.2. The first-order valence-corrected chi connectivity index (χ1v) is 12.9. The highest BCUT2D eigenvalue weighted by atomic mass is 17.2. The van der Waals surface area contributed by atoms with Crippen LogP contribution in [0.4, 0.5) is 0 Å². The van der Waals surface area contributed by atoms with Crippen LogP contribution in [0.1, 0.15) is 132 Å². The van der Waals surface area contributed by atoms with E-state index < -0.39 is 68.6 Å². The van der Waals surface area contributed by atoms with Gasteiger partial charge in [0.2, 0.25) is 11.5 Å². The molecule has 0 aliphatic heterocycles. The summed E-state index contributed by atoms with van der Waals surface area (Å²) in [6, 6.07) is 0. The second kappa shape index (κ2) is 13.8. The van der Waals surface area contributed by atoms with E-state index in [0.29, 0.717) is 38.5 Å². The van der Waals surface area contributed by atoms with Gasteiger partial charge in [-0.2, -0.15) is 14.7 Å². The molecule has 222 valence electrons. The van der Waals surface area contributed by atoms with Crippen molar-refractivity contribution in [2.24, 2.45) is 0 Å². The predicted molar refractivity (Wildman–Crippen MR) is 139 cm³/mol. The van der Waals surface area contributed by atoms with Gasteiger partial charge in [-0.05, 0) is 60.8 Å². The third kappa shape index (κ3) is 9.55. The standard InChI is InChI=1S/C27H42O12/c1-10-13-25(4,5)37-34-19-16(22(28)29)17(23(30)31)20(35-38-26(6,7)14-11-2)21(18(19)24(32)33)36-39-27(8,9)15-12-3/h10-15H2,1-9H3,(H,28,29)(H,30,31)(H,32,33). The zero-order chi connectivity index (χ0) is 30.2. The van der Waals surface area contributed by atoms with E-state index in [2.05, 4.69) is 0 Å². The van der Waals surface area contributed by atoms with Crippen LogP contribution in [-0.4, -0.2) is 50.0 Å². The van der Waals surface area contributed by atoms with Gasteiger partial charge in [-0.3, -0.25) is 0 Å². The van der Waals surface area contributed by atoms with Gasteiger partial charge < -0.3 is 30.0 Å². The lowest BCUT2D eigenvalue weighted by Gasteiger charge is -2.28. The first-order chi connectivity index (χ1) is 17.9. The van der Waals surface area contributed by atoms with Crippen LogP contribution in [0.15, 0.2) is 0 Å². The van der Waals surface area contributed by atoms with E-state index in [4.69, 9.17) is 29.3 Å². The fourth-order valence-corrected chi connectivity index (χ4v) is 3.92. The number of carbonyl (C=O) groups is 3. The van der Waals surface area contributed by atoms with Gasteiger partial charge in [0.25, 0.3) is 0 Å². The van der Waals surface area contributed by atoms with Crippen LogP contribution < -0.4 is 14.7 Å². The molecule has 1 aromatic carbocycles. The summed E-state index contributed by atoms with van der Waals surface area (Å²) in [5.74, 6) is -7.76. The fraction of sp³-hybridized carbons (Fsp3) is 0.667. The maximum absolute atomic E-state index is 12.5. The Kier molecular flexibility index (Phi) is 12.0. The number of rotatable bonds is 18. The third-order valence-electron chi connectivity index (χ3n) is 5.61. The van der Waals surface area contributed by atoms with Crippen molar-refractivity contribution in [1.29, 1.82) is 0 Å². The lowest BCUT2D eigenvalue weighted by molar-refractivity contribution is -0.301. The maximum atomic E-state index is 12.5. The molecule has 0 atom stereocenters. The van der Waals surface area contributed by atoms with E-state index in [1.807, 2.05) is 20.8 Å². The maximum Gasteiger partial charge on any atom is 0.343 e. The molecule has 12 nitrogen and oxygen atoms in total. The molecule has 0 unspecified atom stereocenters. The van der Waals surface area contributed by atoms with Gasteiger partial charge in [0.1, 0.15) is 27.9 Å². The van der Waals surface area contributed by atoms with E-state index in [1.54, 1.807) is 41.5 Å².